The minimum Gasteiger partial charge on any atom is -0.355 e. The Labute approximate surface area is 196 Å². The van der Waals surface area contributed by atoms with E-state index in [-0.39, 0.29) is 24.0 Å². The molecular weight excluding hydrogens is 493 g/mol. The molecule has 1 saturated heterocycles. The zero-order valence-electron chi connectivity index (χ0n) is 17.3. The number of pyridine rings is 1. The molecule has 0 bridgehead atoms. The number of thioether (sulfide) groups is 1. The first-order chi connectivity index (χ1) is 13.7. The molecule has 2 heterocycles. The summed E-state index contributed by atoms with van der Waals surface area (Å²) < 4.78 is 0. The summed E-state index contributed by atoms with van der Waals surface area (Å²) in [5.74, 6) is 0.906. The van der Waals surface area contributed by atoms with Crippen LogP contribution in [0.3, 0.4) is 0 Å². The Balaban J connectivity index is 0.00000300. The molecule has 0 radical (unpaired) electrons. The number of guanidine groups is 1. The van der Waals surface area contributed by atoms with Gasteiger partial charge in [-0.05, 0) is 37.1 Å². The minimum atomic E-state index is 0. The second-order valence-corrected chi connectivity index (χ2v) is 8.72. The molecule has 158 valence electrons. The quantitative estimate of drug-likeness (QED) is 0.248. The molecule has 0 aliphatic carbocycles. The molecule has 0 saturated carbocycles. The zero-order chi connectivity index (χ0) is 19.6. The maximum Gasteiger partial charge on any atom is 0.191 e. The first kappa shape index (κ1) is 24.0. The fraction of sp³-hybridized carbons (Fsp3) is 0.455. The van der Waals surface area contributed by atoms with Crippen molar-refractivity contribution in [1.29, 1.82) is 0 Å². The van der Waals surface area contributed by atoms with Gasteiger partial charge in [-0.1, -0.05) is 31.2 Å². The van der Waals surface area contributed by atoms with Crippen molar-refractivity contribution in [3.63, 3.8) is 0 Å². The molecule has 1 aliphatic rings. The van der Waals surface area contributed by atoms with Crippen LogP contribution in [0.25, 0.3) is 0 Å². The lowest BCUT2D eigenvalue weighted by Gasteiger charge is -2.33. The Morgan fingerprint density at radius 3 is 2.55 bits per heavy atom. The predicted octanol–water partition coefficient (Wildman–Crippen LogP) is 4.01. The molecule has 0 amide bonds. The highest BCUT2D eigenvalue weighted by Gasteiger charge is 2.20. The van der Waals surface area contributed by atoms with Crippen LogP contribution in [-0.4, -0.2) is 53.8 Å². The number of aliphatic imine (C=N–C) groups is 1. The second kappa shape index (κ2) is 13.1. The Bertz CT molecular complexity index is 720. The average molecular weight is 526 g/mol. The summed E-state index contributed by atoms with van der Waals surface area (Å²) in [6.07, 6.45) is 4.13. The molecule has 29 heavy (non-hydrogen) atoms. The fourth-order valence-corrected chi connectivity index (χ4v) is 4.30. The normalized spacial score (nSPS) is 16.7. The zero-order valence-corrected chi connectivity index (χ0v) is 20.4. The highest BCUT2D eigenvalue weighted by molar-refractivity contribution is 14.0. The number of benzene rings is 1. The Morgan fingerprint density at radius 1 is 1.17 bits per heavy atom. The van der Waals surface area contributed by atoms with Crippen LogP contribution in [0.5, 0.6) is 0 Å². The monoisotopic (exact) mass is 525 g/mol. The van der Waals surface area contributed by atoms with E-state index in [1.807, 2.05) is 31.1 Å². The van der Waals surface area contributed by atoms with E-state index in [1.54, 1.807) is 0 Å². The number of nitrogens with one attached hydrogen (secondary N) is 2. The fourth-order valence-electron chi connectivity index (χ4n) is 3.36. The first-order valence-corrected chi connectivity index (χ1v) is 10.9. The lowest BCUT2D eigenvalue weighted by molar-refractivity contribution is 0.196. The van der Waals surface area contributed by atoms with Crippen molar-refractivity contribution < 1.29 is 0 Å². The van der Waals surface area contributed by atoms with Crippen LogP contribution in [0.1, 0.15) is 25.5 Å². The van der Waals surface area contributed by atoms with Gasteiger partial charge in [0.2, 0.25) is 0 Å². The van der Waals surface area contributed by atoms with Crippen molar-refractivity contribution in [3.8, 4) is 0 Å². The van der Waals surface area contributed by atoms with Crippen molar-refractivity contribution in [1.82, 2.24) is 20.5 Å². The number of hydrogen-bond acceptors (Lipinski definition) is 4. The molecule has 1 atom stereocenters. The third-order valence-electron chi connectivity index (χ3n) is 4.90. The molecule has 5 nitrogen and oxygen atoms in total. The van der Waals surface area contributed by atoms with Gasteiger partial charge >= 0.3 is 0 Å². The number of halogens is 1. The standard InChI is InChI=1S/C22H31N5S.HI/c1-18(28-21-9-4-3-5-10-21)16-25-22(23-2)26-19-11-14-27(15-12-19)17-20-8-6-7-13-24-20;/h3-10,13,18-19H,11-12,14-17H2,1-2H3,(H2,23,25,26);1H. The number of piperidine rings is 1. The molecule has 2 aromatic rings. The number of nitrogens with zero attached hydrogens (tertiary/aromatic N) is 3. The molecule has 3 rings (SSSR count). The topological polar surface area (TPSA) is 52.6 Å². The smallest absolute Gasteiger partial charge is 0.191 e. The third-order valence-corrected chi connectivity index (χ3v) is 6.01. The Kier molecular flexibility index (Phi) is 10.8. The minimum absolute atomic E-state index is 0. The average Bonchev–Trinajstić information content (AvgIpc) is 2.74. The van der Waals surface area contributed by atoms with E-state index in [1.165, 1.54) is 4.90 Å². The van der Waals surface area contributed by atoms with Gasteiger partial charge in [0, 0.05) is 55.6 Å². The Hall–Kier alpha value is -1.32. The van der Waals surface area contributed by atoms with E-state index in [4.69, 9.17) is 0 Å². The molecule has 7 heteroatoms. The Morgan fingerprint density at radius 2 is 1.90 bits per heavy atom. The summed E-state index contributed by atoms with van der Waals surface area (Å²) in [5.41, 5.74) is 1.15. The highest BCUT2D eigenvalue weighted by Crippen LogP contribution is 2.22. The molecule has 1 fully saturated rings. The van der Waals surface area contributed by atoms with E-state index in [2.05, 4.69) is 74.9 Å². The molecular formula is C22H32IN5S. The SMILES string of the molecule is CN=C(NCC(C)Sc1ccccc1)NC1CCN(Cc2ccccn2)CC1.I. The van der Waals surface area contributed by atoms with Gasteiger partial charge in [0.05, 0.1) is 5.69 Å². The van der Waals surface area contributed by atoms with E-state index in [0.29, 0.717) is 11.3 Å². The summed E-state index contributed by atoms with van der Waals surface area (Å²) in [5, 5.41) is 7.55. The maximum atomic E-state index is 4.44. The summed E-state index contributed by atoms with van der Waals surface area (Å²) in [4.78, 5) is 12.6. The van der Waals surface area contributed by atoms with Crippen LogP contribution < -0.4 is 10.6 Å². The van der Waals surface area contributed by atoms with Gasteiger partial charge in [-0.25, -0.2) is 0 Å². The molecule has 0 spiro atoms. The largest absolute Gasteiger partial charge is 0.355 e. The van der Waals surface area contributed by atoms with Crippen LogP contribution in [-0.2, 0) is 6.54 Å². The van der Waals surface area contributed by atoms with Crippen LogP contribution in [0.15, 0.2) is 64.6 Å². The van der Waals surface area contributed by atoms with Crippen molar-refractivity contribution in [2.45, 2.75) is 42.5 Å². The summed E-state index contributed by atoms with van der Waals surface area (Å²) in [6.45, 7) is 6.25. The molecule has 1 aromatic carbocycles. The van der Waals surface area contributed by atoms with E-state index >= 15 is 0 Å². The van der Waals surface area contributed by atoms with Crippen molar-refractivity contribution >= 4 is 41.7 Å². The number of aromatic nitrogens is 1. The van der Waals surface area contributed by atoms with Crippen molar-refractivity contribution in [2.75, 3.05) is 26.7 Å². The molecule has 1 aliphatic heterocycles. The van der Waals surface area contributed by atoms with Crippen LogP contribution >= 0.6 is 35.7 Å². The number of hydrogen-bond donors (Lipinski definition) is 2. The highest BCUT2D eigenvalue weighted by atomic mass is 127. The van der Waals surface area contributed by atoms with Gasteiger partial charge in [-0.3, -0.25) is 14.9 Å². The van der Waals surface area contributed by atoms with Crippen LogP contribution in [0.4, 0.5) is 0 Å². The number of rotatable bonds is 7. The number of likely N-dealkylation sites (tertiary alicyclic amines) is 1. The van der Waals surface area contributed by atoms with Gasteiger partial charge in [-0.2, -0.15) is 0 Å². The first-order valence-electron chi connectivity index (χ1n) is 10.0. The van der Waals surface area contributed by atoms with Gasteiger partial charge in [0.25, 0.3) is 0 Å². The molecule has 2 N–H and O–H groups in total. The van der Waals surface area contributed by atoms with Gasteiger partial charge in [0.1, 0.15) is 0 Å². The summed E-state index contributed by atoms with van der Waals surface area (Å²) in [6, 6.07) is 17.2. The van der Waals surface area contributed by atoms with Crippen LogP contribution in [0.2, 0.25) is 0 Å². The van der Waals surface area contributed by atoms with Crippen molar-refractivity contribution in [2.24, 2.45) is 4.99 Å². The maximum absolute atomic E-state index is 4.44. The third kappa shape index (κ3) is 8.52. The van der Waals surface area contributed by atoms with Crippen LogP contribution in [0, 0.1) is 0 Å². The molecule has 1 aromatic heterocycles. The van der Waals surface area contributed by atoms with E-state index < -0.39 is 0 Å². The predicted molar refractivity (Wildman–Crippen MR) is 134 cm³/mol. The summed E-state index contributed by atoms with van der Waals surface area (Å²) in [7, 11) is 1.85. The second-order valence-electron chi connectivity index (χ2n) is 7.21. The van der Waals surface area contributed by atoms with Gasteiger partial charge in [0.15, 0.2) is 5.96 Å². The lowest BCUT2D eigenvalue weighted by Crippen LogP contribution is -2.49. The van der Waals surface area contributed by atoms with Gasteiger partial charge < -0.3 is 10.6 Å². The lowest BCUT2D eigenvalue weighted by atomic mass is 10.0. The molecule has 1 unspecified atom stereocenters. The van der Waals surface area contributed by atoms with E-state index in [0.717, 1.165) is 50.7 Å². The van der Waals surface area contributed by atoms with Crippen molar-refractivity contribution in [3.05, 3.63) is 60.4 Å². The van der Waals surface area contributed by atoms with E-state index in [9.17, 15) is 0 Å². The summed E-state index contributed by atoms with van der Waals surface area (Å²) >= 11 is 1.89. The van der Waals surface area contributed by atoms with Gasteiger partial charge in [-0.15, -0.1) is 35.7 Å².